The molecule has 0 heterocycles. The zero-order valence-corrected chi connectivity index (χ0v) is 9.09. The molecule has 2 N–H and O–H groups in total. The van der Waals surface area contributed by atoms with Gasteiger partial charge in [-0.05, 0) is 33.6 Å². The Kier molecular flexibility index (Phi) is 4.99. The van der Waals surface area contributed by atoms with Gasteiger partial charge >= 0.3 is 5.97 Å². The van der Waals surface area contributed by atoms with Crippen LogP contribution in [0, 0.1) is 0 Å². The summed E-state index contributed by atoms with van der Waals surface area (Å²) in [6.07, 6.45) is 2.04. The van der Waals surface area contributed by atoms with E-state index in [0.717, 1.165) is 6.42 Å². The average molecular weight is 187 g/mol. The average Bonchev–Trinajstić information content (AvgIpc) is 1.97. The van der Waals surface area contributed by atoms with Gasteiger partial charge < -0.3 is 10.5 Å². The van der Waals surface area contributed by atoms with Crippen LogP contribution >= 0.6 is 0 Å². The van der Waals surface area contributed by atoms with E-state index in [9.17, 15) is 4.79 Å². The topological polar surface area (TPSA) is 52.3 Å². The monoisotopic (exact) mass is 187 g/mol. The van der Waals surface area contributed by atoms with Crippen molar-refractivity contribution in [3.63, 3.8) is 0 Å². The molecular formula is C10H21NO2. The second-order valence-corrected chi connectivity index (χ2v) is 4.29. The van der Waals surface area contributed by atoms with Gasteiger partial charge in [-0.15, -0.1) is 0 Å². The molecule has 0 aromatic carbocycles. The molecule has 3 nitrogen and oxygen atoms in total. The fourth-order valence-electron chi connectivity index (χ4n) is 0.900. The molecular weight excluding hydrogens is 166 g/mol. The first-order chi connectivity index (χ1) is 5.85. The first-order valence-corrected chi connectivity index (χ1v) is 4.82. The molecule has 0 saturated heterocycles. The Labute approximate surface area is 80.6 Å². The van der Waals surface area contributed by atoms with Crippen molar-refractivity contribution in [2.45, 2.75) is 58.6 Å². The van der Waals surface area contributed by atoms with Crippen molar-refractivity contribution in [3.05, 3.63) is 0 Å². The van der Waals surface area contributed by atoms with Gasteiger partial charge in [-0.2, -0.15) is 0 Å². The largest absolute Gasteiger partial charge is 0.460 e. The number of ether oxygens (including phenoxy) is 1. The minimum atomic E-state index is -0.382. The van der Waals surface area contributed by atoms with E-state index in [-0.39, 0.29) is 17.6 Å². The smallest absolute Gasteiger partial charge is 0.306 e. The molecule has 1 unspecified atom stereocenters. The zero-order chi connectivity index (χ0) is 10.5. The van der Waals surface area contributed by atoms with Gasteiger partial charge in [0.25, 0.3) is 0 Å². The maximum atomic E-state index is 11.2. The van der Waals surface area contributed by atoms with E-state index < -0.39 is 0 Å². The lowest BCUT2D eigenvalue weighted by atomic mass is 10.1. The minimum absolute atomic E-state index is 0.118. The van der Waals surface area contributed by atoms with Crippen LogP contribution in [0.4, 0.5) is 0 Å². The van der Waals surface area contributed by atoms with Gasteiger partial charge in [0.15, 0.2) is 0 Å². The summed E-state index contributed by atoms with van der Waals surface area (Å²) in [5.74, 6) is -0.156. The van der Waals surface area contributed by atoms with Crippen molar-refractivity contribution in [2.75, 3.05) is 0 Å². The van der Waals surface area contributed by atoms with Crippen molar-refractivity contribution in [2.24, 2.45) is 5.73 Å². The Hall–Kier alpha value is -0.570. The van der Waals surface area contributed by atoms with Crippen LogP contribution in [0.15, 0.2) is 0 Å². The van der Waals surface area contributed by atoms with Crippen molar-refractivity contribution in [1.29, 1.82) is 0 Å². The summed E-state index contributed by atoms with van der Waals surface area (Å²) in [5, 5.41) is 0. The lowest BCUT2D eigenvalue weighted by Gasteiger charge is -2.19. The minimum Gasteiger partial charge on any atom is -0.460 e. The summed E-state index contributed by atoms with van der Waals surface area (Å²) in [4.78, 5) is 11.2. The Bertz CT molecular complexity index is 161. The Morgan fingerprint density at radius 1 is 1.46 bits per heavy atom. The molecule has 78 valence electrons. The Balaban J connectivity index is 3.64. The van der Waals surface area contributed by atoms with E-state index in [4.69, 9.17) is 10.5 Å². The van der Waals surface area contributed by atoms with Crippen molar-refractivity contribution in [3.8, 4) is 0 Å². The summed E-state index contributed by atoms with van der Waals surface area (Å²) in [6.45, 7) is 7.61. The quantitative estimate of drug-likeness (QED) is 0.683. The molecule has 0 fully saturated rings. The van der Waals surface area contributed by atoms with Crippen LogP contribution in [0.5, 0.6) is 0 Å². The number of carbonyl (C=O) groups excluding carboxylic acids is 1. The molecule has 0 amide bonds. The first-order valence-electron chi connectivity index (χ1n) is 4.82. The predicted octanol–water partition coefficient (Wildman–Crippen LogP) is 1.85. The molecule has 0 aromatic rings. The Morgan fingerprint density at radius 3 is 2.38 bits per heavy atom. The van der Waals surface area contributed by atoms with E-state index in [1.54, 1.807) is 0 Å². The maximum absolute atomic E-state index is 11.2. The van der Waals surface area contributed by atoms with Crippen LogP contribution in [0.2, 0.25) is 0 Å². The summed E-state index contributed by atoms with van der Waals surface area (Å²) < 4.78 is 5.14. The second kappa shape index (κ2) is 5.22. The van der Waals surface area contributed by atoms with Crippen LogP contribution in [-0.2, 0) is 9.53 Å². The van der Waals surface area contributed by atoms with Gasteiger partial charge in [-0.25, -0.2) is 0 Å². The van der Waals surface area contributed by atoms with Crippen molar-refractivity contribution in [1.82, 2.24) is 0 Å². The van der Waals surface area contributed by atoms with Gasteiger partial charge in [-0.1, -0.05) is 6.92 Å². The second-order valence-electron chi connectivity index (χ2n) is 4.29. The van der Waals surface area contributed by atoms with E-state index in [0.29, 0.717) is 12.8 Å². The summed E-state index contributed by atoms with van der Waals surface area (Å²) in [7, 11) is 0. The van der Waals surface area contributed by atoms with Gasteiger partial charge in [0.05, 0.1) is 0 Å². The van der Waals surface area contributed by atoms with Gasteiger partial charge in [0.2, 0.25) is 0 Å². The van der Waals surface area contributed by atoms with Crippen LogP contribution in [-0.4, -0.2) is 17.6 Å². The van der Waals surface area contributed by atoms with Gasteiger partial charge in [-0.3, -0.25) is 4.79 Å². The number of rotatable bonds is 4. The molecule has 3 heteroatoms. The maximum Gasteiger partial charge on any atom is 0.306 e. The molecule has 0 spiro atoms. The predicted molar refractivity (Wildman–Crippen MR) is 53.3 cm³/mol. The van der Waals surface area contributed by atoms with E-state index >= 15 is 0 Å². The number of hydrogen-bond donors (Lipinski definition) is 1. The number of esters is 1. The normalized spacial score (nSPS) is 13.9. The third kappa shape index (κ3) is 7.78. The number of nitrogens with two attached hydrogens (primary N) is 1. The van der Waals surface area contributed by atoms with E-state index in [1.807, 2.05) is 27.7 Å². The highest BCUT2D eigenvalue weighted by atomic mass is 16.6. The molecule has 0 aromatic heterocycles. The highest BCUT2D eigenvalue weighted by molar-refractivity contribution is 5.69. The third-order valence-corrected chi connectivity index (χ3v) is 1.66. The highest BCUT2D eigenvalue weighted by Gasteiger charge is 2.16. The number of hydrogen-bond acceptors (Lipinski definition) is 3. The Morgan fingerprint density at radius 2 is 2.00 bits per heavy atom. The van der Waals surface area contributed by atoms with Crippen LogP contribution in [0.3, 0.4) is 0 Å². The molecule has 1 atom stereocenters. The molecule has 0 radical (unpaired) electrons. The summed E-state index contributed by atoms with van der Waals surface area (Å²) in [6, 6.07) is 0.118. The van der Waals surface area contributed by atoms with Crippen molar-refractivity contribution >= 4 is 5.97 Å². The molecule has 13 heavy (non-hydrogen) atoms. The molecule has 0 aliphatic heterocycles. The third-order valence-electron chi connectivity index (χ3n) is 1.66. The first kappa shape index (κ1) is 12.4. The lowest BCUT2D eigenvalue weighted by Crippen LogP contribution is -2.26. The molecule has 0 aliphatic carbocycles. The van der Waals surface area contributed by atoms with E-state index in [1.165, 1.54) is 0 Å². The molecule has 0 bridgehead atoms. The molecule has 0 rings (SSSR count). The lowest BCUT2D eigenvalue weighted by molar-refractivity contribution is -0.155. The highest BCUT2D eigenvalue weighted by Crippen LogP contribution is 2.10. The van der Waals surface area contributed by atoms with Crippen molar-refractivity contribution < 1.29 is 9.53 Å². The van der Waals surface area contributed by atoms with Gasteiger partial charge in [0.1, 0.15) is 5.60 Å². The molecule has 0 saturated carbocycles. The SMILES string of the molecule is CCC(N)CCC(=O)OC(C)(C)C. The fourth-order valence-corrected chi connectivity index (χ4v) is 0.900. The number of carbonyl (C=O) groups is 1. The standard InChI is InChI=1S/C10H21NO2/c1-5-8(11)6-7-9(12)13-10(2,3)4/h8H,5-7,11H2,1-4H3. The van der Waals surface area contributed by atoms with Crippen LogP contribution in [0.1, 0.15) is 47.0 Å². The zero-order valence-electron chi connectivity index (χ0n) is 9.09. The summed E-state index contributed by atoms with van der Waals surface area (Å²) in [5.41, 5.74) is 5.30. The van der Waals surface area contributed by atoms with Gasteiger partial charge in [0, 0.05) is 12.5 Å². The molecule has 0 aliphatic rings. The van der Waals surface area contributed by atoms with Crippen LogP contribution in [0.25, 0.3) is 0 Å². The fraction of sp³-hybridized carbons (Fsp3) is 0.900. The summed E-state index contributed by atoms with van der Waals surface area (Å²) >= 11 is 0. The van der Waals surface area contributed by atoms with E-state index in [2.05, 4.69) is 0 Å². The van der Waals surface area contributed by atoms with Crippen LogP contribution < -0.4 is 5.73 Å².